The molecule has 4 nitrogen and oxygen atoms in total. The second-order valence-corrected chi connectivity index (χ2v) is 2.51. The average Bonchev–Trinajstić information content (AvgIpc) is 2.04. The van der Waals surface area contributed by atoms with Crippen molar-refractivity contribution in [1.29, 1.82) is 0 Å². The quantitative estimate of drug-likeness (QED) is 0.551. The first-order chi connectivity index (χ1) is 6.15. The molecule has 0 amide bonds. The molecule has 0 spiro atoms. The fourth-order valence-corrected chi connectivity index (χ4v) is 1.01. The number of carboxylic acid groups (broad SMARTS) is 1. The van der Waals surface area contributed by atoms with Gasteiger partial charge in [-0.05, 0) is 30.7 Å². The van der Waals surface area contributed by atoms with Gasteiger partial charge >= 0.3 is 5.97 Å². The van der Waals surface area contributed by atoms with Gasteiger partial charge in [-0.15, -0.1) is 0 Å². The van der Waals surface area contributed by atoms with Crippen LogP contribution >= 0.6 is 0 Å². The Morgan fingerprint density at radius 3 is 2.69 bits per heavy atom. The predicted octanol–water partition coefficient (Wildman–Crippen LogP) is 1.66. The van der Waals surface area contributed by atoms with E-state index in [0.29, 0.717) is 11.3 Å². The van der Waals surface area contributed by atoms with Gasteiger partial charge in [-0.3, -0.25) is 0 Å². The molecule has 0 radical (unpaired) electrons. The van der Waals surface area contributed by atoms with E-state index >= 15 is 0 Å². The maximum Gasteiger partial charge on any atom is 0.335 e. The molecule has 0 fully saturated rings. The molecule has 0 aromatic heterocycles. The van der Waals surface area contributed by atoms with Crippen LogP contribution in [0.25, 0.3) is 0 Å². The van der Waals surface area contributed by atoms with Gasteiger partial charge in [0.1, 0.15) is 0 Å². The van der Waals surface area contributed by atoms with Crippen LogP contribution in [0.4, 0.5) is 5.69 Å². The lowest BCUT2D eigenvalue weighted by atomic mass is 10.1. The summed E-state index contributed by atoms with van der Waals surface area (Å²) < 4.78 is 0. The Balaban J connectivity index is 3.19. The highest BCUT2D eigenvalue weighted by molar-refractivity contribution is 5.89. The first-order valence-electron chi connectivity index (χ1n) is 3.57. The van der Waals surface area contributed by atoms with Crippen LogP contribution in [0.3, 0.4) is 0 Å². The molecule has 0 heterocycles. The van der Waals surface area contributed by atoms with E-state index < -0.39 is 5.97 Å². The van der Waals surface area contributed by atoms with Crippen molar-refractivity contribution in [2.45, 2.75) is 6.92 Å². The minimum absolute atomic E-state index is 0.213. The molecule has 1 aromatic carbocycles. The molecule has 0 aliphatic rings. The van der Waals surface area contributed by atoms with E-state index in [9.17, 15) is 9.59 Å². The van der Waals surface area contributed by atoms with Gasteiger partial charge in [-0.1, -0.05) is 0 Å². The largest absolute Gasteiger partial charge is 0.478 e. The number of aromatic carboxylic acids is 1. The molecule has 0 saturated carbocycles. The number of aliphatic imine (C=N–C) groups is 1. The minimum Gasteiger partial charge on any atom is -0.478 e. The Morgan fingerprint density at radius 1 is 1.54 bits per heavy atom. The zero-order valence-corrected chi connectivity index (χ0v) is 6.94. The van der Waals surface area contributed by atoms with E-state index in [4.69, 9.17) is 5.11 Å². The second-order valence-electron chi connectivity index (χ2n) is 2.51. The van der Waals surface area contributed by atoms with Gasteiger partial charge in [0.25, 0.3) is 0 Å². The Kier molecular flexibility index (Phi) is 2.57. The molecule has 0 aliphatic heterocycles. The summed E-state index contributed by atoms with van der Waals surface area (Å²) in [5.41, 5.74) is 1.20. The Morgan fingerprint density at radius 2 is 2.23 bits per heavy atom. The molecule has 0 aliphatic carbocycles. The van der Waals surface area contributed by atoms with Crippen molar-refractivity contribution >= 4 is 17.7 Å². The zero-order chi connectivity index (χ0) is 9.84. The molecule has 0 atom stereocenters. The third kappa shape index (κ3) is 2.01. The molecule has 1 rings (SSSR count). The fraction of sp³-hybridized carbons (Fsp3) is 0.111. The Hall–Kier alpha value is -1.93. The number of hydrogen-bond acceptors (Lipinski definition) is 3. The average molecular weight is 177 g/mol. The van der Waals surface area contributed by atoms with Crippen LogP contribution in [0, 0.1) is 6.92 Å². The van der Waals surface area contributed by atoms with Gasteiger partial charge in [0.05, 0.1) is 11.3 Å². The first-order valence-corrected chi connectivity index (χ1v) is 3.57. The Bertz CT molecular complexity index is 392. The number of nitrogens with zero attached hydrogens (tertiary/aromatic N) is 1. The summed E-state index contributed by atoms with van der Waals surface area (Å²) in [6.07, 6.45) is 1.39. The van der Waals surface area contributed by atoms with Crippen LogP contribution in [0.1, 0.15) is 15.9 Å². The number of carbonyl (C=O) groups excluding carboxylic acids is 1. The summed E-state index contributed by atoms with van der Waals surface area (Å²) in [5, 5.41) is 8.68. The number of hydrogen-bond donors (Lipinski definition) is 1. The maximum atomic E-state index is 10.6. The lowest BCUT2D eigenvalue weighted by molar-refractivity contribution is 0.0696. The SMILES string of the molecule is Cc1cc(N=C=O)ccc1C(=O)O. The zero-order valence-electron chi connectivity index (χ0n) is 6.94. The highest BCUT2D eigenvalue weighted by Crippen LogP contribution is 2.16. The van der Waals surface area contributed by atoms with Crippen molar-refractivity contribution in [3.05, 3.63) is 29.3 Å². The first kappa shape index (κ1) is 9.16. The molecule has 1 aromatic rings. The van der Waals surface area contributed by atoms with Gasteiger partial charge in [-0.2, -0.15) is 4.99 Å². The van der Waals surface area contributed by atoms with Gasteiger partial charge in [-0.25, -0.2) is 9.59 Å². The standard InChI is InChI=1S/C9H7NO3/c1-6-4-7(10-5-11)2-3-8(6)9(12)13/h2-4H,1H3,(H,12,13). The lowest BCUT2D eigenvalue weighted by Gasteiger charge is -1.99. The monoisotopic (exact) mass is 177 g/mol. The van der Waals surface area contributed by atoms with Gasteiger partial charge in [0.2, 0.25) is 6.08 Å². The number of carboxylic acids is 1. The predicted molar refractivity (Wildman–Crippen MR) is 45.9 cm³/mol. The van der Waals surface area contributed by atoms with Crippen molar-refractivity contribution in [2.24, 2.45) is 4.99 Å². The van der Waals surface area contributed by atoms with Crippen molar-refractivity contribution in [1.82, 2.24) is 0 Å². The molecule has 1 N–H and O–H groups in total. The van der Waals surface area contributed by atoms with Gasteiger partial charge in [0.15, 0.2) is 0 Å². The molecular formula is C9H7NO3. The normalized spacial score (nSPS) is 9.00. The third-order valence-electron chi connectivity index (χ3n) is 1.62. The molecular weight excluding hydrogens is 170 g/mol. The number of aryl methyl sites for hydroxylation is 1. The molecule has 66 valence electrons. The summed E-state index contributed by atoms with van der Waals surface area (Å²) in [5.74, 6) is -0.987. The molecule has 0 bridgehead atoms. The summed E-state index contributed by atoms with van der Waals surface area (Å²) >= 11 is 0. The van der Waals surface area contributed by atoms with Crippen molar-refractivity contribution in [3.63, 3.8) is 0 Å². The fourth-order valence-electron chi connectivity index (χ4n) is 1.01. The van der Waals surface area contributed by atoms with Crippen LogP contribution < -0.4 is 0 Å². The summed E-state index contributed by atoms with van der Waals surface area (Å²) in [6.45, 7) is 1.65. The Labute approximate surface area is 74.5 Å². The van der Waals surface area contributed by atoms with Crippen LogP contribution in [-0.2, 0) is 4.79 Å². The minimum atomic E-state index is -0.987. The van der Waals surface area contributed by atoms with E-state index in [1.165, 1.54) is 24.3 Å². The number of rotatable bonds is 2. The summed E-state index contributed by atoms with van der Waals surface area (Å²) in [7, 11) is 0. The van der Waals surface area contributed by atoms with E-state index in [0.717, 1.165) is 0 Å². The third-order valence-corrected chi connectivity index (χ3v) is 1.62. The highest BCUT2D eigenvalue weighted by Gasteiger charge is 2.06. The smallest absolute Gasteiger partial charge is 0.335 e. The number of isocyanates is 1. The maximum absolute atomic E-state index is 10.6. The van der Waals surface area contributed by atoms with Gasteiger partial charge < -0.3 is 5.11 Å². The van der Waals surface area contributed by atoms with Crippen LogP contribution in [0.5, 0.6) is 0 Å². The van der Waals surface area contributed by atoms with E-state index in [1.807, 2.05) is 0 Å². The van der Waals surface area contributed by atoms with Crippen LogP contribution in [0.15, 0.2) is 23.2 Å². The molecule has 4 heteroatoms. The highest BCUT2D eigenvalue weighted by atomic mass is 16.4. The van der Waals surface area contributed by atoms with E-state index in [-0.39, 0.29) is 5.56 Å². The van der Waals surface area contributed by atoms with Crippen molar-refractivity contribution in [2.75, 3.05) is 0 Å². The number of carbonyl (C=O) groups is 1. The second kappa shape index (κ2) is 3.65. The molecule has 0 unspecified atom stereocenters. The van der Waals surface area contributed by atoms with E-state index in [1.54, 1.807) is 6.92 Å². The van der Waals surface area contributed by atoms with Gasteiger partial charge in [0, 0.05) is 0 Å². The van der Waals surface area contributed by atoms with Crippen LogP contribution in [0.2, 0.25) is 0 Å². The lowest BCUT2D eigenvalue weighted by Crippen LogP contribution is -1.98. The van der Waals surface area contributed by atoms with Crippen molar-refractivity contribution in [3.8, 4) is 0 Å². The van der Waals surface area contributed by atoms with E-state index in [2.05, 4.69) is 4.99 Å². The molecule has 0 saturated heterocycles. The number of benzene rings is 1. The molecule has 13 heavy (non-hydrogen) atoms. The van der Waals surface area contributed by atoms with Crippen molar-refractivity contribution < 1.29 is 14.7 Å². The summed E-state index contributed by atoms with van der Waals surface area (Å²) in [6, 6.07) is 4.39. The topological polar surface area (TPSA) is 66.7 Å². The van der Waals surface area contributed by atoms with Crippen LogP contribution in [-0.4, -0.2) is 17.2 Å². The summed E-state index contributed by atoms with van der Waals surface area (Å²) in [4.78, 5) is 23.8.